The normalized spacial score (nSPS) is 11.4. The standard InChI is InChI=1S/C9H16N2O4/c1-4-14-8(12)5-7(10)6(2)15-9(13)11-3/h6,10H,4-5H2,1-3H3,(H,11,13). The largest absolute Gasteiger partial charge is 0.466 e. The quantitative estimate of drug-likeness (QED) is 0.523. The van der Waals surface area contributed by atoms with Crippen LogP contribution in [0.2, 0.25) is 0 Å². The Balaban J connectivity index is 3.99. The Hall–Kier alpha value is -1.59. The zero-order chi connectivity index (χ0) is 11.8. The molecule has 86 valence electrons. The number of alkyl carbamates (subject to hydrolysis) is 1. The van der Waals surface area contributed by atoms with Gasteiger partial charge in [-0.05, 0) is 13.8 Å². The Bertz CT molecular complexity index is 252. The van der Waals surface area contributed by atoms with E-state index in [1.165, 1.54) is 14.0 Å². The molecule has 0 rings (SSSR count). The lowest BCUT2D eigenvalue weighted by molar-refractivity contribution is -0.141. The van der Waals surface area contributed by atoms with Crippen LogP contribution in [0.3, 0.4) is 0 Å². The highest BCUT2D eigenvalue weighted by Gasteiger charge is 2.16. The maximum atomic E-state index is 11.0. The van der Waals surface area contributed by atoms with Crippen LogP contribution in [0.25, 0.3) is 0 Å². The summed E-state index contributed by atoms with van der Waals surface area (Å²) in [6, 6.07) is 0. The Kier molecular flexibility index (Phi) is 6.08. The molecule has 15 heavy (non-hydrogen) atoms. The average Bonchev–Trinajstić information content (AvgIpc) is 2.17. The molecule has 0 saturated heterocycles. The summed E-state index contributed by atoms with van der Waals surface area (Å²) in [5.74, 6) is -0.491. The van der Waals surface area contributed by atoms with Gasteiger partial charge in [0.1, 0.15) is 6.10 Å². The molecule has 0 aliphatic rings. The Morgan fingerprint density at radius 1 is 1.47 bits per heavy atom. The van der Waals surface area contributed by atoms with Gasteiger partial charge in [0.05, 0.1) is 18.7 Å². The number of esters is 1. The summed E-state index contributed by atoms with van der Waals surface area (Å²) in [7, 11) is 1.42. The summed E-state index contributed by atoms with van der Waals surface area (Å²) in [6.07, 6.45) is -1.52. The van der Waals surface area contributed by atoms with Gasteiger partial charge >= 0.3 is 12.1 Å². The minimum atomic E-state index is -0.727. The van der Waals surface area contributed by atoms with Gasteiger partial charge in [-0.3, -0.25) is 4.79 Å². The summed E-state index contributed by atoms with van der Waals surface area (Å²) in [5, 5.41) is 9.72. The molecule has 0 aliphatic carbocycles. The second-order valence-corrected chi connectivity index (χ2v) is 2.80. The van der Waals surface area contributed by atoms with Crippen LogP contribution in [0.1, 0.15) is 20.3 Å². The third kappa shape index (κ3) is 5.66. The lowest BCUT2D eigenvalue weighted by Gasteiger charge is -2.13. The summed E-state index contributed by atoms with van der Waals surface area (Å²) in [4.78, 5) is 21.8. The van der Waals surface area contributed by atoms with E-state index >= 15 is 0 Å². The topological polar surface area (TPSA) is 88.5 Å². The SMILES string of the molecule is CCOC(=O)CC(=N)C(C)OC(=O)NC. The molecule has 0 spiro atoms. The summed E-state index contributed by atoms with van der Waals surface area (Å²) in [5.41, 5.74) is 0.0112. The van der Waals surface area contributed by atoms with Crippen LogP contribution in [0.15, 0.2) is 0 Å². The second kappa shape index (κ2) is 6.80. The maximum absolute atomic E-state index is 11.0. The number of amides is 1. The molecule has 6 nitrogen and oxygen atoms in total. The highest BCUT2D eigenvalue weighted by Crippen LogP contribution is 1.99. The Labute approximate surface area is 88.4 Å². The van der Waals surface area contributed by atoms with Gasteiger partial charge in [-0.1, -0.05) is 0 Å². The molecule has 0 aromatic carbocycles. The lowest BCUT2D eigenvalue weighted by atomic mass is 10.2. The number of nitrogens with one attached hydrogen (secondary N) is 2. The van der Waals surface area contributed by atoms with E-state index in [4.69, 9.17) is 10.1 Å². The zero-order valence-electron chi connectivity index (χ0n) is 9.12. The van der Waals surface area contributed by atoms with Crippen molar-refractivity contribution in [3.05, 3.63) is 0 Å². The number of carbonyl (C=O) groups is 2. The van der Waals surface area contributed by atoms with Crippen LogP contribution in [0.5, 0.6) is 0 Å². The van der Waals surface area contributed by atoms with E-state index in [-0.39, 0.29) is 18.7 Å². The third-order valence-corrected chi connectivity index (χ3v) is 1.62. The van der Waals surface area contributed by atoms with E-state index in [2.05, 4.69) is 10.1 Å². The van der Waals surface area contributed by atoms with Gasteiger partial charge in [-0.2, -0.15) is 0 Å². The van der Waals surface area contributed by atoms with E-state index in [1.54, 1.807) is 6.92 Å². The van der Waals surface area contributed by atoms with E-state index < -0.39 is 18.2 Å². The minimum absolute atomic E-state index is 0.0112. The van der Waals surface area contributed by atoms with Crippen molar-refractivity contribution in [2.45, 2.75) is 26.4 Å². The van der Waals surface area contributed by atoms with Gasteiger partial charge in [0.25, 0.3) is 0 Å². The first-order valence-electron chi connectivity index (χ1n) is 4.62. The lowest BCUT2D eigenvalue weighted by Crippen LogP contribution is -2.30. The number of hydrogen-bond donors (Lipinski definition) is 2. The zero-order valence-corrected chi connectivity index (χ0v) is 9.12. The predicted octanol–water partition coefficient (Wildman–Crippen LogP) is 0.704. The van der Waals surface area contributed by atoms with Crippen molar-refractivity contribution in [3.8, 4) is 0 Å². The van der Waals surface area contributed by atoms with Crippen LogP contribution < -0.4 is 5.32 Å². The molecule has 0 aliphatic heterocycles. The minimum Gasteiger partial charge on any atom is -0.466 e. The van der Waals surface area contributed by atoms with Crippen molar-refractivity contribution in [3.63, 3.8) is 0 Å². The fourth-order valence-electron chi connectivity index (χ4n) is 0.802. The van der Waals surface area contributed by atoms with Crippen LogP contribution in [-0.2, 0) is 14.3 Å². The fourth-order valence-corrected chi connectivity index (χ4v) is 0.802. The van der Waals surface area contributed by atoms with Crippen molar-refractivity contribution < 1.29 is 19.1 Å². The molecule has 1 atom stereocenters. The maximum Gasteiger partial charge on any atom is 0.407 e. The first-order valence-corrected chi connectivity index (χ1v) is 4.62. The molecule has 0 saturated carbocycles. The highest BCUT2D eigenvalue weighted by atomic mass is 16.6. The highest BCUT2D eigenvalue weighted by molar-refractivity contribution is 6.00. The molecule has 6 heteroatoms. The van der Waals surface area contributed by atoms with Gasteiger partial charge in [0.2, 0.25) is 0 Å². The van der Waals surface area contributed by atoms with Gasteiger partial charge < -0.3 is 20.2 Å². The summed E-state index contributed by atoms with van der Waals surface area (Å²) >= 11 is 0. The van der Waals surface area contributed by atoms with Crippen LogP contribution >= 0.6 is 0 Å². The molecule has 0 radical (unpaired) electrons. The van der Waals surface area contributed by atoms with Crippen molar-refractivity contribution >= 4 is 17.8 Å². The second-order valence-electron chi connectivity index (χ2n) is 2.80. The van der Waals surface area contributed by atoms with Crippen molar-refractivity contribution in [2.24, 2.45) is 0 Å². The van der Waals surface area contributed by atoms with Crippen molar-refractivity contribution in [1.29, 1.82) is 5.41 Å². The molecule has 0 heterocycles. The smallest absolute Gasteiger partial charge is 0.407 e. The van der Waals surface area contributed by atoms with Crippen molar-refractivity contribution in [1.82, 2.24) is 5.32 Å². The number of rotatable bonds is 5. The number of hydrogen-bond acceptors (Lipinski definition) is 5. The van der Waals surface area contributed by atoms with Crippen molar-refractivity contribution in [2.75, 3.05) is 13.7 Å². The monoisotopic (exact) mass is 216 g/mol. The van der Waals surface area contributed by atoms with E-state index in [0.29, 0.717) is 0 Å². The number of carbonyl (C=O) groups excluding carboxylic acids is 2. The molecule has 0 fully saturated rings. The first-order chi connectivity index (χ1) is 7.01. The van der Waals surface area contributed by atoms with Gasteiger partial charge in [-0.15, -0.1) is 0 Å². The van der Waals surface area contributed by atoms with E-state index in [9.17, 15) is 9.59 Å². The Morgan fingerprint density at radius 3 is 2.53 bits per heavy atom. The molecule has 0 aromatic rings. The molecule has 0 bridgehead atoms. The van der Waals surface area contributed by atoms with Gasteiger partial charge in [-0.25, -0.2) is 4.79 Å². The van der Waals surface area contributed by atoms with Gasteiger partial charge in [0, 0.05) is 7.05 Å². The molecular formula is C9H16N2O4. The average molecular weight is 216 g/mol. The molecule has 1 unspecified atom stereocenters. The van der Waals surface area contributed by atoms with E-state index in [1.807, 2.05) is 0 Å². The van der Waals surface area contributed by atoms with E-state index in [0.717, 1.165) is 0 Å². The van der Waals surface area contributed by atoms with Crippen LogP contribution in [0.4, 0.5) is 4.79 Å². The molecule has 2 N–H and O–H groups in total. The third-order valence-electron chi connectivity index (χ3n) is 1.62. The summed E-state index contributed by atoms with van der Waals surface area (Å²) in [6.45, 7) is 3.49. The van der Waals surface area contributed by atoms with Crippen LogP contribution in [0, 0.1) is 5.41 Å². The molecule has 0 aromatic heterocycles. The van der Waals surface area contributed by atoms with Gasteiger partial charge in [0.15, 0.2) is 0 Å². The summed E-state index contributed by atoms with van der Waals surface area (Å²) < 4.78 is 9.42. The van der Waals surface area contributed by atoms with Crippen LogP contribution in [-0.4, -0.2) is 37.5 Å². The Morgan fingerprint density at radius 2 is 2.07 bits per heavy atom. The first kappa shape index (κ1) is 13.4. The molecule has 1 amide bonds. The fraction of sp³-hybridized carbons (Fsp3) is 0.667. The molecular weight excluding hydrogens is 200 g/mol. The number of ether oxygens (including phenoxy) is 2. The predicted molar refractivity (Wildman–Crippen MR) is 54.0 cm³/mol.